The van der Waals surface area contributed by atoms with Crippen LogP contribution in [-0.4, -0.2) is 22.1 Å². The van der Waals surface area contributed by atoms with Gasteiger partial charge in [0.15, 0.2) is 0 Å². The van der Waals surface area contributed by atoms with Crippen molar-refractivity contribution in [2.45, 2.75) is 13.8 Å². The molecular formula is C22H20N2O3. The Morgan fingerprint density at radius 1 is 1.15 bits per heavy atom. The van der Waals surface area contributed by atoms with Gasteiger partial charge in [-0.05, 0) is 31.5 Å². The molecule has 4 aromatic rings. The summed E-state index contributed by atoms with van der Waals surface area (Å²) in [6.07, 6.45) is 0. The van der Waals surface area contributed by atoms with Crippen molar-refractivity contribution in [1.29, 1.82) is 0 Å². The van der Waals surface area contributed by atoms with Crippen LogP contribution in [0.5, 0.6) is 0 Å². The largest absolute Gasteiger partial charge is 0.461 e. The maximum Gasteiger partial charge on any atom is 0.355 e. The molecule has 2 aromatic carbocycles. The smallest absolute Gasteiger partial charge is 0.355 e. The van der Waals surface area contributed by atoms with Crippen molar-refractivity contribution in [3.63, 3.8) is 0 Å². The molecule has 0 aliphatic carbocycles. The summed E-state index contributed by atoms with van der Waals surface area (Å²) in [4.78, 5) is 29.0. The highest BCUT2D eigenvalue weighted by Crippen LogP contribution is 2.34. The van der Waals surface area contributed by atoms with E-state index in [1.807, 2.05) is 55.5 Å². The SMILES string of the molecule is CCOC(=O)c1[nH]c2c(c1-c1ccccc1)c(=O)n(C)c1ccc(C)cc21. The Morgan fingerprint density at radius 3 is 2.59 bits per heavy atom. The molecular weight excluding hydrogens is 340 g/mol. The highest BCUT2D eigenvalue weighted by Gasteiger charge is 2.24. The predicted octanol–water partition coefficient (Wildman–Crippen LogP) is 4.17. The van der Waals surface area contributed by atoms with E-state index in [-0.39, 0.29) is 12.2 Å². The molecule has 136 valence electrons. The number of ether oxygens (including phenoxy) is 1. The number of pyridine rings is 1. The summed E-state index contributed by atoms with van der Waals surface area (Å²) in [5.74, 6) is -0.463. The van der Waals surface area contributed by atoms with E-state index in [1.165, 1.54) is 0 Å². The van der Waals surface area contributed by atoms with Gasteiger partial charge in [0, 0.05) is 18.0 Å². The Balaban J connectivity index is 2.22. The summed E-state index contributed by atoms with van der Waals surface area (Å²) >= 11 is 0. The summed E-state index contributed by atoms with van der Waals surface area (Å²) in [6, 6.07) is 15.4. The van der Waals surface area contributed by atoms with Gasteiger partial charge < -0.3 is 14.3 Å². The third-order valence-electron chi connectivity index (χ3n) is 4.84. The normalized spacial score (nSPS) is 11.2. The Bertz CT molecular complexity index is 1230. The van der Waals surface area contributed by atoms with E-state index in [0.29, 0.717) is 22.2 Å². The second-order valence-electron chi connectivity index (χ2n) is 6.60. The summed E-state index contributed by atoms with van der Waals surface area (Å²) in [5, 5.41) is 1.41. The van der Waals surface area contributed by atoms with E-state index in [9.17, 15) is 9.59 Å². The summed E-state index contributed by atoms with van der Waals surface area (Å²) in [7, 11) is 1.76. The molecule has 0 aliphatic rings. The first-order valence-electron chi connectivity index (χ1n) is 8.90. The number of aromatic nitrogens is 2. The fourth-order valence-corrected chi connectivity index (χ4v) is 3.59. The maximum absolute atomic E-state index is 13.2. The van der Waals surface area contributed by atoms with Gasteiger partial charge in [-0.2, -0.15) is 0 Å². The molecule has 2 heterocycles. The van der Waals surface area contributed by atoms with Gasteiger partial charge in [0.25, 0.3) is 5.56 Å². The zero-order valence-corrected chi connectivity index (χ0v) is 15.5. The minimum Gasteiger partial charge on any atom is -0.461 e. The molecule has 27 heavy (non-hydrogen) atoms. The van der Waals surface area contributed by atoms with Gasteiger partial charge in [-0.3, -0.25) is 4.79 Å². The molecule has 0 bridgehead atoms. The molecule has 0 amide bonds. The third-order valence-corrected chi connectivity index (χ3v) is 4.84. The number of esters is 1. The van der Waals surface area contributed by atoms with Crippen molar-refractivity contribution >= 4 is 27.8 Å². The maximum atomic E-state index is 13.2. The molecule has 0 aliphatic heterocycles. The molecule has 4 rings (SSSR count). The lowest BCUT2D eigenvalue weighted by molar-refractivity contribution is 0.0521. The van der Waals surface area contributed by atoms with E-state index in [2.05, 4.69) is 4.98 Å². The number of rotatable bonds is 3. The first kappa shape index (κ1) is 17.1. The van der Waals surface area contributed by atoms with Crippen LogP contribution in [0, 0.1) is 6.92 Å². The Labute approximate surface area is 156 Å². The fraction of sp³-hybridized carbons (Fsp3) is 0.182. The van der Waals surface area contributed by atoms with Gasteiger partial charge in [0.2, 0.25) is 0 Å². The zero-order valence-electron chi connectivity index (χ0n) is 15.5. The fourth-order valence-electron chi connectivity index (χ4n) is 3.59. The number of hydrogen-bond donors (Lipinski definition) is 1. The number of nitrogens with one attached hydrogen (secondary N) is 1. The summed E-state index contributed by atoms with van der Waals surface area (Å²) < 4.78 is 6.88. The van der Waals surface area contributed by atoms with Crippen LogP contribution in [0.2, 0.25) is 0 Å². The van der Waals surface area contributed by atoms with Crippen LogP contribution >= 0.6 is 0 Å². The van der Waals surface area contributed by atoms with Crippen LogP contribution in [0.1, 0.15) is 23.0 Å². The van der Waals surface area contributed by atoms with Crippen LogP contribution < -0.4 is 5.56 Å². The second kappa shape index (κ2) is 6.43. The molecule has 0 fully saturated rings. The number of aryl methyl sites for hydroxylation is 2. The molecule has 2 aromatic heterocycles. The van der Waals surface area contributed by atoms with Crippen LogP contribution in [0.4, 0.5) is 0 Å². The Hall–Kier alpha value is -3.34. The minimum absolute atomic E-state index is 0.146. The Morgan fingerprint density at radius 2 is 1.89 bits per heavy atom. The standard InChI is InChI=1S/C22H20N2O3/c1-4-27-22(26)20-17(14-8-6-5-7-9-14)18-19(23-20)15-12-13(2)10-11-16(15)24(3)21(18)25/h5-12,23H,4H2,1-3H3. The molecule has 0 unspecified atom stereocenters. The molecule has 1 N–H and O–H groups in total. The van der Waals surface area contributed by atoms with E-state index in [0.717, 1.165) is 22.0 Å². The number of carbonyl (C=O) groups excluding carboxylic acids is 1. The Kier molecular flexibility index (Phi) is 4.07. The molecule has 0 saturated heterocycles. The van der Waals surface area contributed by atoms with Crippen LogP contribution in [0.25, 0.3) is 32.9 Å². The van der Waals surface area contributed by atoms with Crippen molar-refractivity contribution < 1.29 is 9.53 Å². The topological polar surface area (TPSA) is 64.1 Å². The molecule has 0 radical (unpaired) electrons. The van der Waals surface area contributed by atoms with Crippen molar-refractivity contribution in [3.05, 3.63) is 70.1 Å². The number of nitrogens with zero attached hydrogens (tertiary/aromatic N) is 1. The zero-order chi connectivity index (χ0) is 19.1. The van der Waals surface area contributed by atoms with Crippen LogP contribution in [0.15, 0.2) is 53.3 Å². The van der Waals surface area contributed by atoms with Gasteiger partial charge in [0.05, 0.1) is 23.0 Å². The van der Waals surface area contributed by atoms with Crippen LogP contribution in [-0.2, 0) is 11.8 Å². The minimum atomic E-state index is -0.463. The number of hydrogen-bond acceptors (Lipinski definition) is 3. The third kappa shape index (κ3) is 2.63. The van der Waals surface area contributed by atoms with Gasteiger partial charge in [0.1, 0.15) is 5.69 Å². The predicted molar refractivity (Wildman–Crippen MR) is 107 cm³/mol. The van der Waals surface area contributed by atoms with Crippen molar-refractivity contribution in [2.75, 3.05) is 6.61 Å². The number of H-pyrrole nitrogens is 1. The average molecular weight is 360 g/mol. The van der Waals surface area contributed by atoms with Crippen LogP contribution in [0.3, 0.4) is 0 Å². The molecule has 0 atom stereocenters. The molecule has 5 nitrogen and oxygen atoms in total. The highest BCUT2D eigenvalue weighted by atomic mass is 16.5. The van der Waals surface area contributed by atoms with Gasteiger partial charge in [-0.25, -0.2) is 4.79 Å². The lowest BCUT2D eigenvalue weighted by Gasteiger charge is -2.08. The number of carbonyl (C=O) groups is 1. The summed E-state index contributed by atoms with van der Waals surface area (Å²) in [6.45, 7) is 4.03. The first-order chi connectivity index (χ1) is 13.0. The van der Waals surface area contributed by atoms with Crippen molar-refractivity contribution in [1.82, 2.24) is 9.55 Å². The number of fused-ring (bicyclic) bond motifs is 3. The number of aromatic amines is 1. The lowest BCUT2D eigenvalue weighted by Crippen LogP contribution is -2.17. The summed E-state index contributed by atoms with van der Waals surface area (Å²) in [5.41, 5.74) is 4.11. The second-order valence-corrected chi connectivity index (χ2v) is 6.60. The van der Waals surface area contributed by atoms with E-state index >= 15 is 0 Å². The monoisotopic (exact) mass is 360 g/mol. The highest BCUT2D eigenvalue weighted by molar-refractivity contribution is 6.14. The first-order valence-corrected chi connectivity index (χ1v) is 8.90. The van der Waals surface area contributed by atoms with Crippen molar-refractivity contribution in [2.24, 2.45) is 7.05 Å². The number of benzene rings is 2. The van der Waals surface area contributed by atoms with E-state index in [4.69, 9.17) is 4.74 Å². The van der Waals surface area contributed by atoms with Gasteiger partial charge in [-0.15, -0.1) is 0 Å². The molecule has 0 spiro atoms. The van der Waals surface area contributed by atoms with Crippen molar-refractivity contribution in [3.8, 4) is 11.1 Å². The lowest BCUT2D eigenvalue weighted by atomic mass is 10.0. The van der Waals surface area contributed by atoms with Gasteiger partial charge >= 0.3 is 5.97 Å². The quantitative estimate of drug-likeness (QED) is 0.558. The van der Waals surface area contributed by atoms with E-state index in [1.54, 1.807) is 18.5 Å². The van der Waals surface area contributed by atoms with Gasteiger partial charge in [-0.1, -0.05) is 42.0 Å². The van der Waals surface area contributed by atoms with E-state index < -0.39 is 5.97 Å². The molecule has 5 heteroatoms. The average Bonchev–Trinajstić information content (AvgIpc) is 3.08. The molecule has 0 saturated carbocycles.